The Morgan fingerprint density at radius 2 is 1.96 bits per heavy atom. The summed E-state index contributed by atoms with van der Waals surface area (Å²) in [5.41, 5.74) is 0.380. The summed E-state index contributed by atoms with van der Waals surface area (Å²) in [6.45, 7) is 1.69. The molecule has 0 spiro atoms. The average Bonchev–Trinajstić information content (AvgIpc) is 3.01. The smallest absolute Gasteiger partial charge is 0.240 e. The Labute approximate surface area is 147 Å². The number of fused-ring (bicyclic) bond motifs is 1. The van der Waals surface area contributed by atoms with Gasteiger partial charge in [0.25, 0.3) is 0 Å². The van der Waals surface area contributed by atoms with Crippen molar-refractivity contribution < 1.29 is 22.7 Å². The van der Waals surface area contributed by atoms with E-state index in [1.807, 2.05) is 7.05 Å². The van der Waals surface area contributed by atoms with Crippen molar-refractivity contribution in [3.8, 4) is 11.5 Å². The van der Waals surface area contributed by atoms with Gasteiger partial charge in [0.2, 0.25) is 22.7 Å². The van der Waals surface area contributed by atoms with Gasteiger partial charge in [-0.3, -0.25) is 9.10 Å². The van der Waals surface area contributed by atoms with E-state index in [2.05, 4.69) is 10.2 Å². The molecule has 0 atom stereocenters. The topological polar surface area (TPSA) is 88.2 Å². The molecule has 2 aliphatic heterocycles. The molecular weight excluding hydrogens is 346 g/mol. The van der Waals surface area contributed by atoms with E-state index in [9.17, 15) is 13.2 Å². The van der Waals surface area contributed by atoms with Crippen LogP contribution in [0.5, 0.6) is 11.5 Å². The zero-order chi connectivity index (χ0) is 18.0. The van der Waals surface area contributed by atoms with Gasteiger partial charge in [-0.15, -0.1) is 0 Å². The number of sulfonamides is 1. The van der Waals surface area contributed by atoms with E-state index < -0.39 is 10.0 Å². The van der Waals surface area contributed by atoms with Crippen molar-refractivity contribution in [3.63, 3.8) is 0 Å². The number of hydrogen-bond donors (Lipinski definition) is 1. The Morgan fingerprint density at radius 1 is 1.28 bits per heavy atom. The minimum atomic E-state index is -3.61. The second-order valence-electron chi connectivity index (χ2n) is 6.45. The van der Waals surface area contributed by atoms with Crippen LogP contribution in [0.1, 0.15) is 12.8 Å². The number of amides is 1. The molecule has 0 bridgehead atoms. The van der Waals surface area contributed by atoms with E-state index in [1.165, 1.54) is 0 Å². The third-order valence-corrected chi connectivity index (χ3v) is 5.56. The number of benzene rings is 1. The Bertz CT molecular complexity index is 744. The van der Waals surface area contributed by atoms with Gasteiger partial charge in [0.1, 0.15) is 6.54 Å². The molecule has 9 heteroatoms. The molecule has 138 valence electrons. The molecule has 0 radical (unpaired) electrons. The average molecular weight is 369 g/mol. The molecule has 1 amide bonds. The van der Waals surface area contributed by atoms with Gasteiger partial charge in [-0.2, -0.15) is 0 Å². The highest BCUT2D eigenvalue weighted by molar-refractivity contribution is 7.92. The molecule has 0 unspecified atom stereocenters. The van der Waals surface area contributed by atoms with Crippen molar-refractivity contribution >= 4 is 21.6 Å². The highest BCUT2D eigenvalue weighted by Crippen LogP contribution is 2.36. The fraction of sp³-hybridized carbons (Fsp3) is 0.562. The van der Waals surface area contributed by atoms with Crippen LogP contribution in [0.3, 0.4) is 0 Å². The Balaban J connectivity index is 1.70. The van der Waals surface area contributed by atoms with Crippen molar-refractivity contribution in [3.05, 3.63) is 18.2 Å². The maximum absolute atomic E-state index is 12.4. The number of nitrogens with zero attached hydrogens (tertiary/aromatic N) is 2. The number of nitrogens with one attached hydrogen (secondary N) is 1. The van der Waals surface area contributed by atoms with Crippen LogP contribution in [0, 0.1) is 0 Å². The lowest BCUT2D eigenvalue weighted by Crippen LogP contribution is -2.47. The van der Waals surface area contributed by atoms with Crippen molar-refractivity contribution in [2.75, 3.05) is 44.0 Å². The summed E-state index contributed by atoms with van der Waals surface area (Å²) >= 11 is 0. The lowest BCUT2D eigenvalue weighted by Gasteiger charge is -2.30. The summed E-state index contributed by atoms with van der Waals surface area (Å²) < 4.78 is 35.9. The van der Waals surface area contributed by atoms with Crippen molar-refractivity contribution in [1.29, 1.82) is 0 Å². The van der Waals surface area contributed by atoms with Crippen LogP contribution in [0.25, 0.3) is 0 Å². The van der Waals surface area contributed by atoms with Gasteiger partial charge in [-0.25, -0.2) is 8.42 Å². The number of piperidine rings is 1. The van der Waals surface area contributed by atoms with Crippen molar-refractivity contribution in [2.45, 2.75) is 18.9 Å². The van der Waals surface area contributed by atoms with E-state index in [0.717, 1.165) is 36.5 Å². The molecule has 1 fully saturated rings. The number of carbonyl (C=O) groups is 1. The molecule has 8 nitrogen and oxygen atoms in total. The minimum Gasteiger partial charge on any atom is -0.454 e. The summed E-state index contributed by atoms with van der Waals surface area (Å²) in [7, 11) is -1.57. The van der Waals surface area contributed by atoms with Crippen LogP contribution in [0.4, 0.5) is 5.69 Å². The predicted octanol–water partition coefficient (Wildman–Crippen LogP) is 0.392. The van der Waals surface area contributed by atoms with E-state index in [4.69, 9.17) is 9.47 Å². The van der Waals surface area contributed by atoms with Gasteiger partial charge >= 0.3 is 0 Å². The van der Waals surface area contributed by atoms with Crippen LogP contribution < -0.4 is 19.1 Å². The zero-order valence-corrected chi connectivity index (χ0v) is 15.2. The number of likely N-dealkylation sites (tertiary alicyclic amines) is 1. The van der Waals surface area contributed by atoms with Gasteiger partial charge in [0.05, 0.1) is 11.9 Å². The minimum absolute atomic E-state index is 0.0851. The summed E-state index contributed by atoms with van der Waals surface area (Å²) in [6, 6.07) is 4.91. The van der Waals surface area contributed by atoms with Crippen LogP contribution >= 0.6 is 0 Å². The van der Waals surface area contributed by atoms with Crippen molar-refractivity contribution in [1.82, 2.24) is 10.2 Å². The molecule has 0 aromatic heterocycles. The van der Waals surface area contributed by atoms with E-state index in [1.54, 1.807) is 18.2 Å². The standard InChI is InChI=1S/C16H23N3O5S/c1-18-7-5-12(6-8-18)17-16(20)10-19(25(2,21)22)13-3-4-14-15(9-13)24-11-23-14/h3-4,9,12H,5-8,10-11H2,1-2H3,(H,17,20). The predicted molar refractivity (Wildman–Crippen MR) is 93.4 cm³/mol. The van der Waals surface area contributed by atoms with Crippen molar-refractivity contribution in [2.24, 2.45) is 0 Å². The monoisotopic (exact) mass is 369 g/mol. The molecule has 1 N–H and O–H groups in total. The molecule has 2 aliphatic rings. The molecular formula is C16H23N3O5S. The first-order chi connectivity index (χ1) is 11.8. The maximum Gasteiger partial charge on any atom is 0.240 e. The van der Waals surface area contributed by atoms with E-state index in [0.29, 0.717) is 17.2 Å². The summed E-state index contributed by atoms with van der Waals surface area (Å²) in [4.78, 5) is 14.6. The summed E-state index contributed by atoms with van der Waals surface area (Å²) in [6.07, 6.45) is 2.82. The molecule has 0 saturated carbocycles. The number of anilines is 1. The van der Waals surface area contributed by atoms with Gasteiger partial charge in [-0.1, -0.05) is 0 Å². The van der Waals surface area contributed by atoms with E-state index >= 15 is 0 Å². The molecule has 1 aromatic rings. The molecule has 25 heavy (non-hydrogen) atoms. The molecule has 2 heterocycles. The first kappa shape index (κ1) is 17.8. The number of rotatable bonds is 5. The van der Waals surface area contributed by atoms with Crippen LogP contribution in [0.2, 0.25) is 0 Å². The number of hydrogen-bond acceptors (Lipinski definition) is 6. The normalized spacial score (nSPS) is 18.2. The third kappa shape index (κ3) is 4.35. The van der Waals surface area contributed by atoms with Gasteiger partial charge in [0.15, 0.2) is 11.5 Å². The third-order valence-electron chi connectivity index (χ3n) is 4.42. The quantitative estimate of drug-likeness (QED) is 0.808. The fourth-order valence-electron chi connectivity index (χ4n) is 3.00. The Hall–Kier alpha value is -2.00. The van der Waals surface area contributed by atoms with Crippen LogP contribution in [-0.4, -0.2) is 65.0 Å². The molecule has 1 aromatic carbocycles. The SMILES string of the molecule is CN1CCC(NC(=O)CN(c2ccc3c(c2)OCO3)S(C)(=O)=O)CC1. The highest BCUT2D eigenvalue weighted by Gasteiger charge is 2.25. The first-order valence-electron chi connectivity index (χ1n) is 8.18. The first-order valence-corrected chi connectivity index (χ1v) is 10.0. The second-order valence-corrected chi connectivity index (χ2v) is 8.36. The van der Waals surface area contributed by atoms with Crippen LogP contribution in [0.15, 0.2) is 18.2 Å². The lowest BCUT2D eigenvalue weighted by atomic mass is 10.1. The second kappa shape index (κ2) is 7.09. The Kier molecular flexibility index (Phi) is 5.05. The zero-order valence-electron chi connectivity index (χ0n) is 14.4. The number of ether oxygens (including phenoxy) is 2. The number of carbonyl (C=O) groups excluding carboxylic acids is 1. The molecule has 1 saturated heterocycles. The maximum atomic E-state index is 12.4. The van der Waals surface area contributed by atoms with Crippen LogP contribution in [-0.2, 0) is 14.8 Å². The van der Waals surface area contributed by atoms with Gasteiger partial charge in [0, 0.05) is 12.1 Å². The van der Waals surface area contributed by atoms with E-state index in [-0.39, 0.29) is 25.3 Å². The van der Waals surface area contributed by atoms with Gasteiger partial charge in [-0.05, 0) is 45.1 Å². The highest BCUT2D eigenvalue weighted by atomic mass is 32.2. The molecule has 3 rings (SSSR count). The van der Waals surface area contributed by atoms with Gasteiger partial charge < -0.3 is 19.7 Å². The largest absolute Gasteiger partial charge is 0.454 e. The lowest BCUT2D eigenvalue weighted by molar-refractivity contribution is -0.120. The fourth-order valence-corrected chi connectivity index (χ4v) is 3.85. The molecule has 0 aliphatic carbocycles. The summed E-state index contributed by atoms with van der Waals surface area (Å²) in [5.74, 6) is 0.729. The summed E-state index contributed by atoms with van der Waals surface area (Å²) in [5, 5.41) is 2.94. The Morgan fingerprint density at radius 3 is 2.64 bits per heavy atom.